The smallest absolute Gasteiger partial charge is 0.330 e. The summed E-state index contributed by atoms with van der Waals surface area (Å²) in [6, 6.07) is 5.84. The molecule has 0 aliphatic heterocycles. The van der Waals surface area contributed by atoms with Gasteiger partial charge in [0.25, 0.3) is 0 Å². The van der Waals surface area contributed by atoms with Crippen LogP contribution < -0.4 is 5.73 Å². The van der Waals surface area contributed by atoms with Crippen molar-refractivity contribution < 1.29 is 13.2 Å². The molecular formula is C13H16F3N. The molecule has 94 valence electrons. The maximum Gasteiger partial charge on any atom is 0.416 e. The van der Waals surface area contributed by atoms with Gasteiger partial charge < -0.3 is 5.73 Å². The molecule has 2 rings (SSSR count). The highest BCUT2D eigenvalue weighted by Gasteiger charge is 2.35. The van der Waals surface area contributed by atoms with E-state index in [1.165, 1.54) is 6.07 Å². The molecule has 0 amide bonds. The van der Waals surface area contributed by atoms with E-state index in [0.717, 1.165) is 18.9 Å². The third-order valence-corrected chi connectivity index (χ3v) is 3.68. The molecule has 0 bridgehead atoms. The first-order valence-electron chi connectivity index (χ1n) is 5.87. The Hall–Kier alpha value is -1.03. The molecule has 1 aliphatic carbocycles. The topological polar surface area (TPSA) is 26.0 Å². The first-order valence-corrected chi connectivity index (χ1v) is 5.87. The maximum atomic E-state index is 12.8. The van der Waals surface area contributed by atoms with Gasteiger partial charge in [-0.1, -0.05) is 18.2 Å². The predicted octanol–water partition coefficient (Wildman–Crippen LogP) is 3.23. The molecule has 0 radical (unpaired) electrons. The Kier molecular flexibility index (Phi) is 3.43. The molecule has 2 unspecified atom stereocenters. The fourth-order valence-corrected chi connectivity index (χ4v) is 2.47. The molecule has 0 aromatic heterocycles. The van der Waals surface area contributed by atoms with Gasteiger partial charge in [0.2, 0.25) is 0 Å². The fourth-order valence-electron chi connectivity index (χ4n) is 2.47. The standard InChI is InChI=1S/C13H16F3N/c14-13(15,16)12-4-2-1-3-10(12)7-9-5-6-11(9)8-17/h1-4,9,11H,5-8,17H2. The predicted molar refractivity (Wildman–Crippen MR) is 60.4 cm³/mol. The van der Waals surface area contributed by atoms with E-state index in [2.05, 4.69) is 0 Å². The number of hydrogen-bond acceptors (Lipinski definition) is 1. The van der Waals surface area contributed by atoms with E-state index < -0.39 is 11.7 Å². The molecule has 1 aromatic carbocycles. The van der Waals surface area contributed by atoms with Gasteiger partial charge in [-0.25, -0.2) is 0 Å². The summed E-state index contributed by atoms with van der Waals surface area (Å²) in [5, 5.41) is 0. The van der Waals surface area contributed by atoms with Crippen LogP contribution in [0.4, 0.5) is 13.2 Å². The number of hydrogen-bond donors (Lipinski definition) is 1. The normalized spacial score (nSPS) is 24.5. The number of rotatable bonds is 3. The Balaban J connectivity index is 2.16. The third kappa shape index (κ3) is 2.63. The molecule has 2 N–H and O–H groups in total. The van der Waals surface area contributed by atoms with E-state index >= 15 is 0 Å². The van der Waals surface area contributed by atoms with Gasteiger partial charge in [-0.05, 0) is 49.3 Å². The molecule has 4 heteroatoms. The lowest BCUT2D eigenvalue weighted by atomic mass is 9.70. The fraction of sp³-hybridized carbons (Fsp3) is 0.538. The SMILES string of the molecule is NCC1CCC1Cc1ccccc1C(F)(F)F. The van der Waals surface area contributed by atoms with Crippen molar-refractivity contribution in [1.29, 1.82) is 0 Å². The minimum atomic E-state index is -4.25. The molecule has 1 fully saturated rings. The number of benzene rings is 1. The maximum absolute atomic E-state index is 12.8. The van der Waals surface area contributed by atoms with Crippen LogP contribution in [-0.2, 0) is 12.6 Å². The van der Waals surface area contributed by atoms with Gasteiger partial charge in [-0.2, -0.15) is 13.2 Å². The first kappa shape index (κ1) is 12.4. The average molecular weight is 243 g/mol. The Labute approximate surface area is 98.8 Å². The van der Waals surface area contributed by atoms with Gasteiger partial charge in [-0.15, -0.1) is 0 Å². The van der Waals surface area contributed by atoms with Crippen molar-refractivity contribution in [3.05, 3.63) is 35.4 Å². The molecule has 0 saturated heterocycles. The second-order valence-corrected chi connectivity index (χ2v) is 4.69. The van der Waals surface area contributed by atoms with E-state index in [0.29, 0.717) is 30.4 Å². The monoisotopic (exact) mass is 243 g/mol. The van der Waals surface area contributed by atoms with Gasteiger partial charge in [0, 0.05) is 0 Å². The van der Waals surface area contributed by atoms with Crippen molar-refractivity contribution in [1.82, 2.24) is 0 Å². The van der Waals surface area contributed by atoms with Crippen LogP contribution in [0.25, 0.3) is 0 Å². The Bertz CT molecular complexity index is 384. The van der Waals surface area contributed by atoms with Crippen molar-refractivity contribution in [2.24, 2.45) is 17.6 Å². The van der Waals surface area contributed by atoms with E-state index in [9.17, 15) is 13.2 Å². The zero-order valence-corrected chi connectivity index (χ0v) is 9.50. The summed E-state index contributed by atoms with van der Waals surface area (Å²) in [4.78, 5) is 0. The third-order valence-electron chi connectivity index (χ3n) is 3.68. The highest BCUT2D eigenvalue weighted by molar-refractivity contribution is 5.30. The highest BCUT2D eigenvalue weighted by atomic mass is 19.4. The zero-order valence-electron chi connectivity index (χ0n) is 9.50. The van der Waals surface area contributed by atoms with Crippen LogP contribution in [0.2, 0.25) is 0 Å². The van der Waals surface area contributed by atoms with Crippen LogP contribution >= 0.6 is 0 Å². The molecular weight excluding hydrogens is 227 g/mol. The van der Waals surface area contributed by atoms with Crippen LogP contribution in [0.3, 0.4) is 0 Å². The van der Waals surface area contributed by atoms with Crippen molar-refractivity contribution in [3.8, 4) is 0 Å². The van der Waals surface area contributed by atoms with Crippen molar-refractivity contribution in [2.75, 3.05) is 6.54 Å². The lowest BCUT2D eigenvalue weighted by Gasteiger charge is -2.36. The first-order chi connectivity index (χ1) is 8.02. The molecule has 17 heavy (non-hydrogen) atoms. The summed E-state index contributed by atoms with van der Waals surface area (Å²) >= 11 is 0. The zero-order chi connectivity index (χ0) is 12.5. The Morgan fingerprint density at radius 3 is 2.29 bits per heavy atom. The average Bonchev–Trinajstić information content (AvgIpc) is 2.24. The van der Waals surface area contributed by atoms with Gasteiger partial charge >= 0.3 is 6.18 Å². The molecule has 1 aliphatic rings. The number of alkyl halides is 3. The minimum absolute atomic E-state index is 0.323. The largest absolute Gasteiger partial charge is 0.416 e. The second-order valence-electron chi connectivity index (χ2n) is 4.69. The summed E-state index contributed by atoms with van der Waals surface area (Å²) in [6.07, 6.45) is -1.71. The lowest BCUT2D eigenvalue weighted by molar-refractivity contribution is -0.138. The summed E-state index contributed by atoms with van der Waals surface area (Å²) in [6.45, 7) is 0.582. The molecule has 2 atom stereocenters. The van der Waals surface area contributed by atoms with Crippen LogP contribution in [-0.4, -0.2) is 6.54 Å². The molecule has 1 aromatic rings. The Morgan fingerprint density at radius 2 is 1.76 bits per heavy atom. The highest BCUT2D eigenvalue weighted by Crippen LogP contribution is 2.39. The lowest BCUT2D eigenvalue weighted by Crippen LogP contribution is -2.34. The van der Waals surface area contributed by atoms with E-state index in [1.54, 1.807) is 12.1 Å². The summed E-state index contributed by atoms with van der Waals surface area (Å²) in [5.41, 5.74) is 5.49. The quantitative estimate of drug-likeness (QED) is 0.866. The summed E-state index contributed by atoms with van der Waals surface area (Å²) < 4.78 is 38.3. The number of halogens is 3. The van der Waals surface area contributed by atoms with E-state index in [4.69, 9.17) is 5.73 Å². The number of nitrogens with two attached hydrogens (primary N) is 1. The molecule has 0 spiro atoms. The van der Waals surface area contributed by atoms with Crippen molar-refractivity contribution in [2.45, 2.75) is 25.4 Å². The van der Waals surface area contributed by atoms with Crippen LogP contribution in [0.15, 0.2) is 24.3 Å². The minimum Gasteiger partial charge on any atom is -0.330 e. The summed E-state index contributed by atoms with van der Waals surface area (Å²) in [7, 11) is 0. The molecule has 1 nitrogen and oxygen atoms in total. The van der Waals surface area contributed by atoms with Crippen LogP contribution in [0, 0.1) is 11.8 Å². The summed E-state index contributed by atoms with van der Waals surface area (Å²) in [5.74, 6) is 0.722. The molecule has 0 heterocycles. The van der Waals surface area contributed by atoms with Crippen molar-refractivity contribution in [3.63, 3.8) is 0 Å². The second kappa shape index (κ2) is 4.69. The molecule has 1 saturated carbocycles. The van der Waals surface area contributed by atoms with Gasteiger partial charge in [-0.3, -0.25) is 0 Å². The van der Waals surface area contributed by atoms with Crippen LogP contribution in [0.1, 0.15) is 24.0 Å². The Morgan fingerprint density at radius 1 is 1.12 bits per heavy atom. The van der Waals surface area contributed by atoms with Gasteiger partial charge in [0.05, 0.1) is 5.56 Å². The van der Waals surface area contributed by atoms with Gasteiger partial charge in [0.15, 0.2) is 0 Å². The van der Waals surface area contributed by atoms with Crippen molar-refractivity contribution >= 4 is 0 Å². The van der Waals surface area contributed by atoms with Crippen LogP contribution in [0.5, 0.6) is 0 Å². The van der Waals surface area contributed by atoms with Gasteiger partial charge in [0.1, 0.15) is 0 Å². The van der Waals surface area contributed by atoms with E-state index in [-0.39, 0.29) is 0 Å². The van der Waals surface area contributed by atoms with E-state index in [1.807, 2.05) is 0 Å².